The van der Waals surface area contributed by atoms with Gasteiger partial charge >= 0.3 is 0 Å². The van der Waals surface area contributed by atoms with Gasteiger partial charge in [-0.2, -0.15) is 0 Å². The highest BCUT2D eigenvalue weighted by Crippen LogP contribution is 2.20. The summed E-state index contributed by atoms with van der Waals surface area (Å²) >= 11 is 0. The summed E-state index contributed by atoms with van der Waals surface area (Å²) in [6, 6.07) is 15.7. The van der Waals surface area contributed by atoms with E-state index in [-0.39, 0.29) is 17.5 Å². The van der Waals surface area contributed by atoms with Gasteiger partial charge in [-0.15, -0.1) is 0 Å². The molecule has 0 bridgehead atoms. The number of fused-ring (bicyclic) bond motifs is 1. The first kappa shape index (κ1) is 21.7. The fourth-order valence-corrected chi connectivity index (χ4v) is 3.92. The number of aryl methyl sites for hydroxylation is 2. The molecular formula is C24H30N4O2. The van der Waals surface area contributed by atoms with Gasteiger partial charge in [-0.25, -0.2) is 4.98 Å². The Morgan fingerprint density at radius 3 is 2.43 bits per heavy atom. The second kappa shape index (κ2) is 9.67. The van der Waals surface area contributed by atoms with Crippen molar-refractivity contribution in [1.82, 2.24) is 19.8 Å². The lowest BCUT2D eigenvalue weighted by molar-refractivity contribution is 0.0935. The average Bonchev–Trinajstić information content (AvgIpc) is 2.77. The molecule has 0 fully saturated rings. The van der Waals surface area contributed by atoms with E-state index in [4.69, 9.17) is 0 Å². The fourth-order valence-electron chi connectivity index (χ4n) is 3.92. The van der Waals surface area contributed by atoms with Gasteiger partial charge in [0.15, 0.2) is 0 Å². The van der Waals surface area contributed by atoms with Crippen LogP contribution in [0.25, 0.3) is 11.0 Å². The van der Waals surface area contributed by atoms with Gasteiger partial charge < -0.3 is 9.88 Å². The van der Waals surface area contributed by atoms with Crippen LogP contribution < -0.4 is 10.9 Å². The van der Waals surface area contributed by atoms with Crippen LogP contribution in [0.15, 0.2) is 53.3 Å². The number of nitrogens with one attached hydrogen (secondary N) is 1. The Balaban J connectivity index is 1.84. The van der Waals surface area contributed by atoms with Crippen molar-refractivity contribution < 1.29 is 4.79 Å². The van der Waals surface area contributed by atoms with Gasteiger partial charge in [-0.05, 0) is 50.7 Å². The number of likely N-dealkylation sites (N-methyl/N-ethyl adjacent to an activating group) is 1. The molecule has 1 unspecified atom stereocenters. The number of hydrogen-bond donors (Lipinski definition) is 1. The second-order valence-corrected chi connectivity index (χ2v) is 7.31. The number of carbonyl (C=O) groups is 1. The van der Waals surface area contributed by atoms with Crippen LogP contribution in [0.5, 0.6) is 0 Å². The van der Waals surface area contributed by atoms with Crippen LogP contribution in [0.4, 0.5) is 0 Å². The third kappa shape index (κ3) is 4.44. The summed E-state index contributed by atoms with van der Waals surface area (Å²) in [5, 5.41) is 3.09. The van der Waals surface area contributed by atoms with E-state index in [0.717, 1.165) is 18.6 Å². The Hall–Kier alpha value is -2.99. The van der Waals surface area contributed by atoms with E-state index in [1.807, 2.05) is 25.1 Å². The van der Waals surface area contributed by atoms with Crippen LogP contribution in [0.1, 0.15) is 48.4 Å². The summed E-state index contributed by atoms with van der Waals surface area (Å²) < 4.78 is 1.69. The molecule has 3 aromatic rings. The van der Waals surface area contributed by atoms with Gasteiger partial charge in [0.25, 0.3) is 11.5 Å². The fraction of sp³-hybridized carbons (Fsp3) is 0.375. The lowest BCUT2D eigenvalue weighted by Crippen LogP contribution is -2.38. The van der Waals surface area contributed by atoms with E-state index in [1.165, 1.54) is 5.56 Å². The second-order valence-electron chi connectivity index (χ2n) is 7.31. The summed E-state index contributed by atoms with van der Waals surface area (Å²) in [7, 11) is 0. The maximum Gasteiger partial charge on any atom is 0.272 e. The van der Waals surface area contributed by atoms with E-state index in [2.05, 4.69) is 41.2 Å². The molecule has 2 aromatic carbocycles. The summed E-state index contributed by atoms with van der Waals surface area (Å²) in [6.45, 7) is 10.8. The quantitative estimate of drug-likeness (QED) is 0.621. The Morgan fingerprint density at radius 1 is 1.10 bits per heavy atom. The Kier molecular flexibility index (Phi) is 7.00. The lowest BCUT2D eigenvalue weighted by atomic mass is 10.0. The van der Waals surface area contributed by atoms with Gasteiger partial charge in [0.2, 0.25) is 0 Å². The maximum atomic E-state index is 12.9. The highest BCUT2D eigenvalue weighted by Gasteiger charge is 2.19. The molecule has 1 N–H and O–H groups in total. The Bertz CT molecular complexity index is 1070. The standard InChI is InChI=1S/C24H30N4O2/c1-5-27(6-2)22(18-11-9-8-10-12-18)16-25-23(29)19-13-14-21-20(15-19)26-17(4)24(30)28(21)7-3/h8-15,22H,5-7,16H2,1-4H3,(H,25,29). The van der Waals surface area contributed by atoms with Crippen molar-refractivity contribution in [2.45, 2.75) is 40.3 Å². The minimum Gasteiger partial charge on any atom is -0.350 e. The number of hydrogen-bond acceptors (Lipinski definition) is 4. The molecule has 30 heavy (non-hydrogen) atoms. The predicted octanol–water partition coefficient (Wildman–Crippen LogP) is 3.54. The van der Waals surface area contributed by atoms with Crippen molar-refractivity contribution in [2.75, 3.05) is 19.6 Å². The first-order chi connectivity index (χ1) is 14.5. The van der Waals surface area contributed by atoms with Crippen LogP contribution in [0.2, 0.25) is 0 Å². The number of benzene rings is 2. The average molecular weight is 407 g/mol. The summed E-state index contributed by atoms with van der Waals surface area (Å²) in [5.41, 5.74) is 3.48. The van der Waals surface area contributed by atoms with E-state index < -0.39 is 0 Å². The van der Waals surface area contributed by atoms with Crippen molar-refractivity contribution in [3.8, 4) is 0 Å². The predicted molar refractivity (Wildman–Crippen MR) is 121 cm³/mol. The molecule has 0 radical (unpaired) electrons. The lowest BCUT2D eigenvalue weighted by Gasteiger charge is -2.30. The van der Waals surface area contributed by atoms with Crippen LogP contribution in [-0.2, 0) is 6.54 Å². The number of aromatic nitrogens is 2. The van der Waals surface area contributed by atoms with Crippen LogP contribution in [-0.4, -0.2) is 40.0 Å². The largest absolute Gasteiger partial charge is 0.350 e. The molecule has 1 aromatic heterocycles. The zero-order valence-electron chi connectivity index (χ0n) is 18.2. The summed E-state index contributed by atoms with van der Waals surface area (Å²) in [5.74, 6) is -0.140. The normalized spacial score (nSPS) is 12.3. The highest BCUT2D eigenvalue weighted by atomic mass is 16.1. The molecule has 0 aliphatic heterocycles. The van der Waals surface area contributed by atoms with Crippen molar-refractivity contribution >= 4 is 16.9 Å². The summed E-state index contributed by atoms with van der Waals surface area (Å²) in [6.07, 6.45) is 0. The molecule has 3 rings (SSSR count). The molecule has 0 saturated heterocycles. The monoisotopic (exact) mass is 406 g/mol. The molecule has 6 heteroatoms. The molecule has 1 atom stereocenters. The number of carbonyl (C=O) groups excluding carboxylic acids is 1. The zero-order chi connectivity index (χ0) is 21.7. The van der Waals surface area contributed by atoms with Crippen molar-refractivity contribution in [1.29, 1.82) is 0 Å². The van der Waals surface area contributed by atoms with Gasteiger partial charge in [0.05, 0.1) is 17.1 Å². The molecule has 0 aliphatic carbocycles. The SMILES string of the molecule is CCN(CC)C(CNC(=O)c1ccc2c(c1)nc(C)c(=O)n2CC)c1ccccc1. The molecule has 158 valence electrons. The third-order valence-electron chi connectivity index (χ3n) is 5.58. The first-order valence-electron chi connectivity index (χ1n) is 10.6. The topological polar surface area (TPSA) is 67.2 Å². The van der Waals surface area contributed by atoms with Gasteiger partial charge in [0.1, 0.15) is 5.69 Å². The van der Waals surface area contributed by atoms with Crippen LogP contribution in [0, 0.1) is 6.92 Å². The Labute approximate surface area is 177 Å². The third-order valence-corrected chi connectivity index (χ3v) is 5.58. The smallest absolute Gasteiger partial charge is 0.272 e. The van der Waals surface area contributed by atoms with Gasteiger partial charge in [-0.1, -0.05) is 44.2 Å². The molecule has 0 saturated carbocycles. The van der Waals surface area contributed by atoms with Gasteiger partial charge in [-0.3, -0.25) is 14.5 Å². The summed E-state index contributed by atoms with van der Waals surface area (Å²) in [4.78, 5) is 31.9. The van der Waals surface area contributed by atoms with Gasteiger partial charge in [0, 0.05) is 18.7 Å². The minimum absolute atomic E-state index is 0.0906. The highest BCUT2D eigenvalue weighted by molar-refractivity contribution is 5.97. The van der Waals surface area contributed by atoms with Crippen molar-refractivity contribution in [3.05, 3.63) is 75.7 Å². The van der Waals surface area contributed by atoms with Crippen molar-refractivity contribution in [2.24, 2.45) is 0 Å². The number of nitrogens with zero attached hydrogens (tertiary/aromatic N) is 3. The molecule has 0 spiro atoms. The van der Waals surface area contributed by atoms with E-state index in [1.54, 1.807) is 29.7 Å². The Morgan fingerprint density at radius 2 is 1.80 bits per heavy atom. The molecule has 1 heterocycles. The number of rotatable bonds is 8. The van der Waals surface area contributed by atoms with E-state index >= 15 is 0 Å². The van der Waals surface area contributed by atoms with E-state index in [0.29, 0.717) is 29.9 Å². The molecule has 1 amide bonds. The van der Waals surface area contributed by atoms with Crippen molar-refractivity contribution in [3.63, 3.8) is 0 Å². The number of amides is 1. The molecular weight excluding hydrogens is 376 g/mol. The van der Waals surface area contributed by atoms with E-state index in [9.17, 15) is 9.59 Å². The first-order valence-corrected chi connectivity index (χ1v) is 10.6. The van der Waals surface area contributed by atoms with Crippen LogP contribution in [0.3, 0.4) is 0 Å². The zero-order valence-corrected chi connectivity index (χ0v) is 18.2. The maximum absolute atomic E-state index is 12.9. The van der Waals surface area contributed by atoms with Crippen LogP contribution >= 0.6 is 0 Å². The molecule has 0 aliphatic rings. The molecule has 6 nitrogen and oxygen atoms in total. The minimum atomic E-state index is -0.140.